The molecule has 0 bridgehead atoms. The van der Waals surface area contributed by atoms with Crippen LogP contribution in [0.4, 0.5) is 0 Å². The molecular weight excluding hydrogens is 358 g/mol. The summed E-state index contributed by atoms with van der Waals surface area (Å²) in [6, 6.07) is 10.8. The van der Waals surface area contributed by atoms with Gasteiger partial charge in [-0.1, -0.05) is 12.1 Å². The van der Waals surface area contributed by atoms with E-state index < -0.39 is 0 Å². The summed E-state index contributed by atoms with van der Waals surface area (Å²) in [5, 5.41) is 2.99. The van der Waals surface area contributed by atoms with E-state index in [4.69, 9.17) is 9.47 Å². The van der Waals surface area contributed by atoms with Gasteiger partial charge in [0.2, 0.25) is 0 Å². The standard InChI is InChI=1S/C21H25N3O4/c1-2-27-18-5-3-4-6-19(18)28-15-20(25)23-17-9-13-24(14-10-17)21(26)16-7-11-22-12-8-16/h3-8,11-12,17H,2,9-10,13-15H2,1H3,(H,23,25). The fraction of sp³-hybridized carbons (Fsp3) is 0.381. The third-order valence-electron chi connectivity index (χ3n) is 4.58. The van der Waals surface area contributed by atoms with Crippen LogP contribution in [0.1, 0.15) is 30.1 Å². The van der Waals surface area contributed by atoms with Crippen LogP contribution in [0.2, 0.25) is 0 Å². The number of carbonyl (C=O) groups excluding carboxylic acids is 2. The number of carbonyl (C=O) groups is 2. The Morgan fingerprint density at radius 2 is 1.71 bits per heavy atom. The molecule has 2 amide bonds. The van der Waals surface area contributed by atoms with Gasteiger partial charge in [-0.25, -0.2) is 0 Å². The minimum absolute atomic E-state index is 0.00282. The molecule has 2 heterocycles. The van der Waals surface area contributed by atoms with Crippen molar-refractivity contribution in [1.82, 2.24) is 15.2 Å². The first kappa shape index (κ1) is 19.7. The highest BCUT2D eigenvalue weighted by Crippen LogP contribution is 2.26. The molecule has 0 aliphatic carbocycles. The maximum atomic E-state index is 12.5. The number of amides is 2. The number of para-hydroxylation sites is 2. The molecule has 1 saturated heterocycles. The van der Waals surface area contributed by atoms with E-state index in [2.05, 4.69) is 10.3 Å². The lowest BCUT2D eigenvalue weighted by Crippen LogP contribution is -2.47. The fourth-order valence-electron chi connectivity index (χ4n) is 3.16. The van der Waals surface area contributed by atoms with Gasteiger partial charge < -0.3 is 19.7 Å². The predicted molar refractivity (Wildman–Crippen MR) is 104 cm³/mol. The number of likely N-dealkylation sites (tertiary alicyclic amines) is 1. The lowest BCUT2D eigenvalue weighted by molar-refractivity contribution is -0.124. The van der Waals surface area contributed by atoms with Crippen molar-refractivity contribution in [2.75, 3.05) is 26.3 Å². The maximum absolute atomic E-state index is 12.5. The third kappa shape index (κ3) is 5.22. The van der Waals surface area contributed by atoms with Gasteiger partial charge in [-0.05, 0) is 44.0 Å². The monoisotopic (exact) mass is 383 g/mol. The molecule has 148 valence electrons. The molecule has 3 rings (SSSR count). The molecule has 0 atom stereocenters. The normalized spacial score (nSPS) is 14.4. The van der Waals surface area contributed by atoms with Crippen molar-refractivity contribution < 1.29 is 19.1 Å². The molecular formula is C21H25N3O4. The first-order valence-electron chi connectivity index (χ1n) is 9.50. The Balaban J connectivity index is 1.43. The van der Waals surface area contributed by atoms with Gasteiger partial charge in [0.15, 0.2) is 18.1 Å². The van der Waals surface area contributed by atoms with Gasteiger partial charge in [0.25, 0.3) is 11.8 Å². The Morgan fingerprint density at radius 1 is 1.07 bits per heavy atom. The SMILES string of the molecule is CCOc1ccccc1OCC(=O)NC1CCN(C(=O)c2ccncc2)CC1. The second-order valence-electron chi connectivity index (χ2n) is 6.54. The van der Waals surface area contributed by atoms with Gasteiger partial charge in [0, 0.05) is 37.1 Å². The average molecular weight is 383 g/mol. The Bertz CT molecular complexity index is 789. The molecule has 7 nitrogen and oxygen atoms in total. The van der Waals surface area contributed by atoms with E-state index in [1.807, 2.05) is 30.0 Å². The third-order valence-corrected chi connectivity index (χ3v) is 4.58. The highest BCUT2D eigenvalue weighted by Gasteiger charge is 2.24. The molecule has 1 aliphatic rings. The summed E-state index contributed by atoms with van der Waals surface area (Å²) in [7, 11) is 0. The largest absolute Gasteiger partial charge is 0.490 e. The van der Waals surface area contributed by atoms with Crippen molar-refractivity contribution in [1.29, 1.82) is 0 Å². The number of ether oxygens (including phenoxy) is 2. The van der Waals surface area contributed by atoms with Crippen molar-refractivity contribution in [3.8, 4) is 11.5 Å². The Kier molecular flexibility index (Phi) is 6.84. The van der Waals surface area contributed by atoms with Gasteiger partial charge in [-0.2, -0.15) is 0 Å². The summed E-state index contributed by atoms with van der Waals surface area (Å²) in [6.07, 6.45) is 4.67. The summed E-state index contributed by atoms with van der Waals surface area (Å²) in [5.41, 5.74) is 0.638. The van der Waals surface area contributed by atoms with E-state index in [1.165, 1.54) is 0 Å². The van der Waals surface area contributed by atoms with E-state index in [9.17, 15) is 9.59 Å². The van der Waals surface area contributed by atoms with Crippen LogP contribution in [0, 0.1) is 0 Å². The molecule has 0 unspecified atom stereocenters. The van der Waals surface area contributed by atoms with Crippen LogP contribution in [0.15, 0.2) is 48.8 Å². The summed E-state index contributed by atoms with van der Waals surface area (Å²) in [6.45, 7) is 3.58. The van der Waals surface area contributed by atoms with E-state index in [0.717, 1.165) is 12.8 Å². The molecule has 7 heteroatoms. The summed E-state index contributed by atoms with van der Waals surface area (Å²) >= 11 is 0. The predicted octanol–water partition coefficient (Wildman–Crippen LogP) is 2.28. The smallest absolute Gasteiger partial charge is 0.258 e. The van der Waals surface area contributed by atoms with E-state index in [-0.39, 0.29) is 24.5 Å². The lowest BCUT2D eigenvalue weighted by atomic mass is 10.0. The summed E-state index contributed by atoms with van der Waals surface area (Å²) in [5.74, 6) is 1.01. The first-order chi connectivity index (χ1) is 13.7. The zero-order chi connectivity index (χ0) is 19.8. The molecule has 1 fully saturated rings. The van der Waals surface area contributed by atoms with Crippen LogP contribution in [0.25, 0.3) is 0 Å². The fourth-order valence-corrected chi connectivity index (χ4v) is 3.16. The molecule has 0 radical (unpaired) electrons. The number of piperidine rings is 1. The summed E-state index contributed by atoms with van der Waals surface area (Å²) in [4.78, 5) is 30.4. The zero-order valence-corrected chi connectivity index (χ0v) is 16.0. The number of hydrogen-bond donors (Lipinski definition) is 1. The van der Waals surface area contributed by atoms with Crippen molar-refractivity contribution >= 4 is 11.8 Å². The average Bonchev–Trinajstić information content (AvgIpc) is 2.74. The van der Waals surface area contributed by atoms with Crippen LogP contribution in [0.5, 0.6) is 11.5 Å². The molecule has 0 saturated carbocycles. The first-order valence-corrected chi connectivity index (χ1v) is 9.50. The van der Waals surface area contributed by atoms with Crippen molar-refractivity contribution in [3.05, 3.63) is 54.4 Å². The topological polar surface area (TPSA) is 80.8 Å². The second-order valence-corrected chi connectivity index (χ2v) is 6.54. The van der Waals surface area contributed by atoms with Gasteiger partial charge >= 0.3 is 0 Å². The van der Waals surface area contributed by atoms with Gasteiger partial charge in [0.05, 0.1) is 6.61 Å². The highest BCUT2D eigenvalue weighted by atomic mass is 16.5. The molecule has 1 aromatic heterocycles. The minimum atomic E-state index is -0.176. The van der Waals surface area contributed by atoms with E-state index in [1.54, 1.807) is 30.6 Å². The van der Waals surface area contributed by atoms with Crippen LogP contribution in [0.3, 0.4) is 0 Å². The molecule has 1 aromatic carbocycles. The van der Waals surface area contributed by atoms with Crippen LogP contribution in [-0.2, 0) is 4.79 Å². The van der Waals surface area contributed by atoms with Crippen LogP contribution in [-0.4, -0.2) is 54.0 Å². The summed E-state index contributed by atoms with van der Waals surface area (Å²) < 4.78 is 11.1. The number of benzene rings is 1. The quantitative estimate of drug-likeness (QED) is 0.793. The number of nitrogens with zero attached hydrogens (tertiary/aromatic N) is 2. The second kappa shape index (κ2) is 9.73. The van der Waals surface area contributed by atoms with Gasteiger partial charge in [-0.3, -0.25) is 14.6 Å². The number of rotatable bonds is 7. The Hall–Kier alpha value is -3.09. The van der Waals surface area contributed by atoms with Crippen molar-refractivity contribution in [2.45, 2.75) is 25.8 Å². The number of pyridine rings is 1. The van der Waals surface area contributed by atoms with Crippen molar-refractivity contribution in [2.24, 2.45) is 0 Å². The zero-order valence-electron chi connectivity index (χ0n) is 16.0. The van der Waals surface area contributed by atoms with Crippen LogP contribution < -0.4 is 14.8 Å². The molecule has 0 spiro atoms. The van der Waals surface area contributed by atoms with Gasteiger partial charge in [0.1, 0.15) is 0 Å². The highest BCUT2D eigenvalue weighted by molar-refractivity contribution is 5.94. The van der Waals surface area contributed by atoms with E-state index in [0.29, 0.717) is 36.8 Å². The number of aromatic nitrogens is 1. The molecule has 1 aliphatic heterocycles. The number of hydrogen-bond acceptors (Lipinski definition) is 5. The maximum Gasteiger partial charge on any atom is 0.258 e. The van der Waals surface area contributed by atoms with Crippen LogP contribution >= 0.6 is 0 Å². The van der Waals surface area contributed by atoms with Gasteiger partial charge in [-0.15, -0.1) is 0 Å². The lowest BCUT2D eigenvalue weighted by Gasteiger charge is -2.32. The molecule has 2 aromatic rings. The molecule has 28 heavy (non-hydrogen) atoms. The Labute approximate surface area is 164 Å². The van der Waals surface area contributed by atoms with Crippen molar-refractivity contribution in [3.63, 3.8) is 0 Å². The molecule has 1 N–H and O–H groups in total. The van der Waals surface area contributed by atoms with E-state index >= 15 is 0 Å². The minimum Gasteiger partial charge on any atom is -0.490 e. The Morgan fingerprint density at radius 3 is 2.36 bits per heavy atom. The number of nitrogens with one attached hydrogen (secondary N) is 1.